The number of benzene rings is 1. The fraction of sp³-hybridized carbons (Fsp3) is 0.438. The van der Waals surface area contributed by atoms with Gasteiger partial charge in [-0.2, -0.15) is 0 Å². The first-order chi connectivity index (χ1) is 9.76. The van der Waals surface area contributed by atoms with E-state index in [1.165, 1.54) is 30.5 Å². The first kappa shape index (κ1) is 14.1. The summed E-state index contributed by atoms with van der Waals surface area (Å²) in [7, 11) is 0. The number of hydrogen-bond donors (Lipinski definition) is 0. The Labute approximate surface area is 129 Å². The normalized spacial score (nSPS) is 19.6. The summed E-state index contributed by atoms with van der Waals surface area (Å²) in [6, 6.07) is 9.52. The Morgan fingerprint density at radius 2 is 2.15 bits per heavy atom. The average molecular weight is 307 g/mol. The summed E-state index contributed by atoms with van der Waals surface area (Å²) >= 11 is 7.46. The molecule has 2 aromatic rings. The van der Waals surface area contributed by atoms with E-state index in [-0.39, 0.29) is 0 Å². The van der Waals surface area contributed by atoms with E-state index < -0.39 is 0 Å². The minimum atomic E-state index is 0.488. The van der Waals surface area contributed by atoms with Crippen molar-refractivity contribution in [3.8, 4) is 10.6 Å². The van der Waals surface area contributed by atoms with E-state index in [4.69, 9.17) is 11.6 Å². The Balaban J connectivity index is 1.70. The molecule has 1 unspecified atom stereocenters. The van der Waals surface area contributed by atoms with E-state index >= 15 is 0 Å². The van der Waals surface area contributed by atoms with Crippen LogP contribution >= 0.6 is 22.9 Å². The molecule has 3 rings (SSSR count). The molecule has 1 aliphatic heterocycles. The first-order valence-electron chi connectivity index (χ1n) is 7.10. The summed E-state index contributed by atoms with van der Waals surface area (Å²) in [6.45, 7) is 4.62. The van der Waals surface area contributed by atoms with Gasteiger partial charge in [-0.1, -0.05) is 24.3 Å². The fourth-order valence-electron chi connectivity index (χ4n) is 2.72. The van der Waals surface area contributed by atoms with Crippen LogP contribution in [0.15, 0.2) is 29.6 Å². The van der Waals surface area contributed by atoms with E-state index in [2.05, 4.69) is 41.1 Å². The second kappa shape index (κ2) is 6.25. The van der Waals surface area contributed by atoms with Crippen LogP contribution in [0.1, 0.15) is 31.0 Å². The zero-order chi connectivity index (χ0) is 13.9. The summed E-state index contributed by atoms with van der Waals surface area (Å²) in [5.74, 6) is 0.488. The Morgan fingerprint density at radius 3 is 2.75 bits per heavy atom. The molecule has 0 radical (unpaired) electrons. The van der Waals surface area contributed by atoms with Gasteiger partial charge in [-0.25, -0.2) is 4.98 Å². The molecule has 1 aromatic heterocycles. The lowest BCUT2D eigenvalue weighted by Crippen LogP contribution is -2.26. The summed E-state index contributed by atoms with van der Waals surface area (Å²) in [4.78, 5) is 7.08. The van der Waals surface area contributed by atoms with Crippen LogP contribution in [0.4, 0.5) is 0 Å². The second-order valence-corrected chi connectivity index (χ2v) is 6.56. The molecule has 2 heterocycles. The van der Waals surface area contributed by atoms with E-state index in [9.17, 15) is 0 Å². The average Bonchev–Trinajstić information content (AvgIpc) is 3.10. The van der Waals surface area contributed by atoms with Crippen LogP contribution in [0.2, 0.25) is 0 Å². The minimum absolute atomic E-state index is 0.488. The Bertz CT molecular complexity index is 564. The molecule has 0 spiro atoms. The SMILES string of the molecule is CC1CCCN1Cc1ccc(-c2nc(CCl)cs2)cc1. The molecule has 1 fully saturated rings. The molecule has 0 saturated carbocycles. The molecule has 0 bridgehead atoms. The van der Waals surface area contributed by atoms with Crippen molar-refractivity contribution in [3.63, 3.8) is 0 Å². The van der Waals surface area contributed by atoms with Gasteiger partial charge in [0.2, 0.25) is 0 Å². The monoisotopic (exact) mass is 306 g/mol. The Hall–Kier alpha value is -0.900. The molecule has 1 aliphatic rings. The lowest BCUT2D eigenvalue weighted by molar-refractivity contribution is 0.260. The number of likely N-dealkylation sites (tertiary alicyclic amines) is 1. The van der Waals surface area contributed by atoms with E-state index in [0.29, 0.717) is 5.88 Å². The second-order valence-electron chi connectivity index (χ2n) is 5.44. The topological polar surface area (TPSA) is 16.1 Å². The molecule has 0 aliphatic carbocycles. The standard InChI is InChI=1S/C16H19ClN2S/c1-12-3-2-8-19(12)10-13-4-6-14(7-5-13)16-18-15(9-17)11-20-16/h4-7,11-12H,2-3,8-10H2,1H3. The van der Waals surface area contributed by atoms with Crippen LogP contribution in [0.5, 0.6) is 0 Å². The molecule has 1 atom stereocenters. The third kappa shape index (κ3) is 3.05. The molecule has 1 saturated heterocycles. The number of nitrogens with zero attached hydrogens (tertiary/aromatic N) is 2. The highest BCUT2D eigenvalue weighted by atomic mass is 35.5. The van der Waals surface area contributed by atoms with Gasteiger partial charge in [-0.3, -0.25) is 4.90 Å². The van der Waals surface area contributed by atoms with Crippen LogP contribution in [0, 0.1) is 0 Å². The first-order valence-corrected chi connectivity index (χ1v) is 8.51. The maximum Gasteiger partial charge on any atom is 0.123 e. The van der Waals surface area contributed by atoms with Crippen molar-refractivity contribution in [3.05, 3.63) is 40.9 Å². The third-order valence-corrected chi connectivity index (χ3v) is 5.18. The number of thiazole rings is 1. The van der Waals surface area contributed by atoms with Gasteiger partial charge in [0.05, 0.1) is 11.6 Å². The van der Waals surface area contributed by atoms with Crippen LogP contribution in [-0.4, -0.2) is 22.5 Å². The molecular formula is C16H19ClN2S. The predicted octanol–water partition coefficient (Wildman–Crippen LogP) is 4.53. The van der Waals surface area contributed by atoms with Gasteiger partial charge in [0.1, 0.15) is 5.01 Å². The molecule has 0 N–H and O–H groups in total. The van der Waals surface area contributed by atoms with Gasteiger partial charge in [0.15, 0.2) is 0 Å². The van der Waals surface area contributed by atoms with E-state index in [0.717, 1.165) is 23.3 Å². The summed E-state index contributed by atoms with van der Waals surface area (Å²) in [5.41, 5.74) is 3.53. The van der Waals surface area contributed by atoms with Gasteiger partial charge in [0, 0.05) is 23.5 Å². The van der Waals surface area contributed by atoms with Gasteiger partial charge >= 0.3 is 0 Å². The minimum Gasteiger partial charge on any atom is -0.296 e. The van der Waals surface area contributed by atoms with Gasteiger partial charge < -0.3 is 0 Å². The summed E-state index contributed by atoms with van der Waals surface area (Å²) < 4.78 is 0. The maximum absolute atomic E-state index is 5.80. The number of rotatable bonds is 4. The number of alkyl halides is 1. The molecule has 0 amide bonds. The van der Waals surface area contributed by atoms with E-state index in [1.807, 2.05) is 5.38 Å². The van der Waals surface area contributed by atoms with Crippen LogP contribution in [0.25, 0.3) is 10.6 Å². The smallest absolute Gasteiger partial charge is 0.123 e. The highest BCUT2D eigenvalue weighted by molar-refractivity contribution is 7.13. The maximum atomic E-state index is 5.80. The number of hydrogen-bond acceptors (Lipinski definition) is 3. The van der Waals surface area contributed by atoms with Gasteiger partial charge in [-0.05, 0) is 31.9 Å². The van der Waals surface area contributed by atoms with E-state index in [1.54, 1.807) is 11.3 Å². The molecule has 4 heteroatoms. The predicted molar refractivity (Wildman–Crippen MR) is 86.2 cm³/mol. The van der Waals surface area contributed by atoms with Crippen molar-refractivity contribution in [2.75, 3.05) is 6.54 Å². The highest BCUT2D eigenvalue weighted by Crippen LogP contribution is 2.26. The quantitative estimate of drug-likeness (QED) is 0.771. The zero-order valence-electron chi connectivity index (χ0n) is 11.7. The zero-order valence-corrected chi connectivity index (χ0v) is 13.3. The van der Waals surface area contributed by atoms with Crippen molar-refractivity contribution in [1.29, 1.82) is 0 Å². The lowest BCUT2D eigenvalue weighted by atomic mass is 10.1. The van der Waals surface area contributed by atoms with Gasteiger partial charge in [0.25, 0.3) is 0 Å². The number of aromatic nitrogens is 1. The highest BCUT2D eigenvalue weighted by Gasteiger charge is 2.19. The van der Waals surface area contributed by atoms with Crippen LogP contribution < -0.4 is 0 Å². The van der Waals surface area contributed by atoms with Crippen molar-refractivity contribution in [1.82, 2.24) is 9.88 Å². The van der Waals surface area contributed by atoms with Crippen LogP contribution in [0.3, 0.4) is 0 Å². The molecule has 2 nitrogen and oxygen atoms in total. The number of halogens is 1. The lowest BCUT2D eigenvalue weighted by Gasteiger charge is -2.20. The summed E-state index contributed by atoms with van der Waals surface area (Å²) in [6.07, 6.45) is 2.66. The molecule has 20 heavy (non-hydrogen) atoms. The van der Waals surface area contributed by atoms with Crippen molar-refractivity contribution in [2.45, 2.75) is 38.2 Å². The third-order valence-electron chi connectivity index (χ3n) is 3.97. The Kier molecular flexibility index (Phi) is 4.39. The molecule has 1 aromatic carbocycles. The van der Waals surface area contributed by atoms with Gasteiger partial charge in [-0.15, -0.1) is 22.9 Å². The largest absolute Gasteiger partial charge is 0.296 e. The van der Waals surface area contributed by atoms with Crippen molar-refractivity contribution >= 4 is 22.9 Å². The van der Waals surface area contributed by atoms with Crippen LogP contribution in [-0.2, 0) is 12.4 Å². The molecular weight excluding hydrogens is 288 g/mol. The Morgan fingerprint density at radius 1 is 1.35 bits per heavy atom. The molecule has 106 valence electrons. The van der Waals surface area contributed by atoms with Crippen molar-refractivity contribution < 1.29 is 0 Å². The summed E-state index contributed by atoms with van der Waals surface area (Å²) in [5, 5.41) is 3.09. The fourth-order valence-corrected chi connectivity index (χ4v) is 3.77. The van der Waals surface area contributed by atoms with Crippen molar-refractivity contribution in [2.24, 2.45) is 0 Å².